The zero-order chi connectivity index (χ0) is 21.4. The minimum absolute atomic E-state index is 0.0448. The lowest BCUT2D eigenvalue weighted by Crippen LogP contribution is -2.47. The second-order valence-corrected chi connectivity index (χ2v) is 7.38. The molecule has 0 bridgehead atoms. The molecule has 10 heteroatoms. The quantitative estimate of drug-likeness (QED) is 0.677. The van der Waals surface area contributed by atoms with Crippen molar-refractivity contribution in [3.05, 3.63) is 58.6 Å². The first-order valence-corrected chi connectivity index (χ1v) is 9.61. The Hall–Kier alpha value is -3.56. The first-order valence-electron chi connectivity index (χ1n) is 9.61. The van der Waals surface area contributed by atoms with Gasteiger partial charge in [0, 0.05) is 25.6 Å². The topological polar surface area (TPSA) is 109 Å². The summed E-state index contributed by atoms with van der Waals surface area (Å²) in [5, 5.41) is 13.9. The van der Waals surface area contributed by atoms with Gasteiger partial charge in [-0.2, -0.15) is 5.10 Å². The maximum absolute atomic E-state index is 13.0. The number of aromatic amines is 1. The molecule has 2 aromatic heterocycles. The van der Waals surface area contributed by atoms with Crippen molar-refractivity contribution < 1.29 is 14.0 Å². The summed E-state index contributed by atoms with van der Waals surface area (Å²) in [4.78, 5) is 31.3. The highest BCUT2D eigenvalue weighted by Gasteiger charge is 2.32. The van der Waals surface area contributed by atoms with Crippen LogP contribution < -0.4 is 10.2 Å². The van der Waals surface area contributed by atoms with Crippen molar-refractivity contribution in [3.63, 3.8) is 0 Å². The number of H-pyrrole nitrogens is 1. The summed E-state index contributed by atoms with van der Waals surface area (Å²) in [6.45, 7) is 4.34. The summed E-state index contributed by atoms with van der Waals surface area (Å²) < 4.78 is 14.8. The summed E-state index contributed by atoms with van der Waals surface area (Å²) in [7, 11) is 1.68. The Kier molecular flexibility index (Phi) is 5.06. The van der Waals surface area contributed by atoms with Gasteiger partial charge in [0.05, 0.1) is 5.69 Å². The van der Waals surface area contributed by atoms with Crippen LogP contribution in [0.3, 0.4) is 0 Å². The van der Waals surface area contributed by atoms with Crippen molar-refractivity contribution >= 4 is 17.6 Å². The molecule has 30 heavy (non-hydrogen) atoms. The Morgan fingerprint density at radius 3 is 2.77 bits per heavy atom. The molecule has 9 nitrogen and oxygen atoms in total. The molecule has 3 aromatic rings. The number of fused-ring (bicyclic) bond motifs is 1. The molecule has 0 saturated carbocycles. The van der Waals surface area contributed by atoms with Crippen molar-refractivity contribution in [1.29, 1.82) is 0 Å². The van der Waals surface area contributed by atoms with Gasteiger partial charge in [-0.1, -0.05) is 12.1 Å². The number of benzene rings is 1. The lowest BCUT2D eigenvalue weighted by atomic mass is 10.1. The van der Waals surface area contributed by atoms with E-state index in [1.807, 2.05) is 13.8 Å². The zero-order valence-corrected chi connectivity index (χ0v) is 16.9. The first-order chi connectivity index (χ1) is 14.3. The second-order valence-electron chi connectivity index (χ2n) is 7.38. The number of carbonyl (C=O) groups is 2. The molecule has 0 fully saturated rings. The van der Waals surface area contributed by atoms with E-state index in [-0.39, 0.29) is 17.5 Å². The molecule has 2 N–H and O–H groups in total. The number of amides is 2. The standard InChI is InChI=1S/C20H22FN7O2/c1-11-12(2)26-28-9-8-15(20(30)27(3)19(11)28)22-18(29)17-23-16(24-25-17)10-13-4-6-14(21)7-5-13/h4-7,15H,8-10H2,1-3H3,(H,22,29)(H,23,24,25)/t15-/m0/s1. The lowest BCUT2D eigenvalue weighted by Gasteiger charge is -2.20. The van der Waals surface area contributed by atoms with Crippen LogP contribution in [0.2, 0.25) is 0 Å². The number of halogens is 1. The van der Waals surface area contributed by atoms with Crippen LogP contribution in [0.15, 0.2) is 24.3 Å². The van der Waals surface area contributed by atoms with Crippen LogP contribution in [-0.4, -0.2) is 49.9 Å². The Bertz CT molecular complexity index is 1100. The van der Waals surface area contributed by atoms with Crippen molar-refractivity contribution in [3.8, 4) is 0 Å². The molecule has 1 aliphatic rings. The van der Waals surface area contributed by atoms with Gasteiger partial charge in [-0.15, -0.1) is 5.10 Å². The third-order valence-corrected chi connectivity index (χ3v) is 5.29. The number of anilines is 1. The molecule has 1 aromatic carbocycles. The number of carbonyl (C=O) groups excluding carboxylic acids is 2. The molecule has 156 valence electrons. The minimum atomic E-state index is -0.706. The van der Waals surface area contributed by atoms with Gasteiger partial charge < -0.3 is 5.32 Å². The molecule has 4 rings (SSSR count). The molecule has 0 unspecified atom stereocenters. The van der Waals surface area contributed by atoms with Crippen LogP contribution >= 0.6 is 0 Å². The number of aryl methyl sites for hydroxylation is 2. The van der Waals surface area contributed by atoms with Gasteiger partial charge in [0.2, 0.25) is 5.82 Å². The van der Waals surface area contributed by atoms with Crippen LogP contribution in [0, 0.1) is 19.7 Å². The average molecular weight is 411 g/mol. The van der Waals surface area contributed by atoms with E-state index < -0.39 is 11.9 Å². The molecular formula is C20H22FN7O2. The molecule has 0 saturated heterocycles. The predicted octanol–water partition coefficient (Wildman–Crippen LogP) is 1.51. The van der Waals surface area contributed by atoms with E-state index in [4.69, 9.17) is 0 Å². The number of hydrogen-bond donors (Lipinski definition) is 2. The normalized spacial score (nSPS) is 16.3. The van der Waals surface area contributed by atoms with Crippen molar-refractivity contribution in [2.75, 3.05) is 11.9 Å². The largest absolute Gasteiger partial charge is 0.337 e. The SMILES string of the molecule is Cc1nn2c(c1C)N(C)C(=O)[C@@H](NC(=O)c1n[nH]c(Cc3ccc(F)cc3)n1)CC2. The Morgan fingerprint density at radius 1 is 1.30 bits per heavy atom. The fourth-order valence-electron chi connectivity index (χ4n) is 3.58. The summed E-state index contributed by atoms with van der Waals surface area (Å²) >= 11 is 0. The van der Waals surface area contributed by atoms with Gasteiger partial charge in [0.1, 0.15) is 23.5 Å². The van der Waals surface area contributed by atoms with Crippen molar-refractivity contribution in [1.82, 2.24) is 30.3 Å². The van der Waals surface area contributed by atoms with Crippen molar-refractivity contribution in [2.45, 2.75) is 39.3 Å². The molecule has 3 heterocycles. The second kappa shape index (κ2) is 7.69. The third-order valence-electron chi connectivity index (χ3n) is 5.29. The Labute approximate surface area is 172 Å². The number of rotatable bonds is 4. The maximum Gasteiger partial charge on any atom is 0.291 e. The summed E-state index contributed by atoms with van der Waals surface area (Å²) in [5.74, 6) is 0.109. The summed E-state index contributed by atoms with van der Waals surface area (Å²) in [6, 6.07) is 5.31. The van der Waals surface area contributed by atoms with E-state index in [1.165, 1.54) is 17.0 Å². The molecule has 2 amide bonds. The van der Waals surface area contributed by atoms with Crippen molar-refractivity contribution in [2.24, 2.45) is 0 Å². The Morgan fingerprint density at radius 2 is 2.03 bits per heavy atom. The molecule has 0 aliphatic carbocycles. The minimum Gasteiger partial charge on any atom is -0.337 e. The molecule has 0 spiro atoms. The molecule has 0 radical (unpaired) electrons. The van der Waals surface area contributed by atoms with Gasteiger partial charge in [-0.25, -0.2) is 14.1 Å². The van der Waals surface area contributed by atoms with Gasteiger partial charge >= 0.3 is 0 Å². The first kappa shape index (κ1) is 19.7. The highest BCUT2D eigenvalue weighted by molar-refractivity contribution is 6.01. The lowest BCUT2D eigenvalue weighted by molar-refractivity contribution is -0.120. The van der Waals surface area contributed by atoms with E-state index in [2.05, 4.69) is 25.6 Å². The number of nitrogens with one attached hydrogen (secondary N) is 2. The van der Waals surface area contributed by atoms with Crippen LogP contribution in [0.1, 0.15) is 39.7 Å². The fourth-order valence-corrected chi connectivity index (χ4v) is 3.58. The highest BCUT2D eigenvalue weighted by Crippen LogP contribution is 2.26. The third kappa shape index (κ3) is 3.68. The number of hydrogen-bond acceptors (Lipinski definition) is 5. The molecule has 1 aliphatic heterocycles. The smallest absolute Gasteiger partial charge is 0.291 e. The van der Waals surface area contributed by atoms with E-state index >= 15 is 0 Å². The molecule has 1 atom stereocenters. The number of likely N-dealkylation sites (N-methyl/N-ethyl adjacent to an activating group) is 1. The summed E-state index contributed by atoms with van der Waals surface area (Å²) in [6.07, 6.45) is 0.792. The predicted molar refractivity (Wildman–Crippen MR) is 107 cm³/mol. The van der Waals surface area contributed by atoms with E-state index in [0.717, 1.165) is 22.6 Å². The van der Waals surface area contributed by atoms with Crippen LogP contribution in [0.5, 0.6) is 0 Å². The monoisotopic (exact) mass is 411 g/mol. The number of nitrogens with zero attached hydrogens (tertiary/aromatic N) is 5. The van der Waals surface area contributed by atoms with E-state index in [1.54, 1.807) is 23.9 Å². The van der Waals surface area contributed by atoms with Crippen LogP contribution in [-0.2, 0) is 17.8 Å². The van der Waals surface area contributed by atoms with Gasteiger partial charge in [0.15, 0.2) is 0 Å². The van der Waals surface area contributed by atoms with Gasteiger partial charge in [0.25, 0.3) is 11.8 Å². The maximum atomic E-state index is 13.0. The van der Waals surface area contributed by atoms with Gasteiger partial charge in [-0.05, 0) is 38.0 Å². The average Bonchev–Trinajstić information content (AvgIpc) is 3.27. The van der Waals surface area contributed by atoms with Crippen LogP contribution in [0.4, 0.5) is 10.2 Å². The molecular weight excluding hydrogens is 389 g/mol. The van der Waals surface area contributed by atoms with Crippen LogP contribution in [0.25, 0.3) is 0 Å². The van der Waals surface area contributed by atoms with E-state index in [9.17, 15) is 14.0 Å². The number of aromatic nitrogens is 5. The fraction of sp³-hybridized carbons (Fsp3) is 0.350. The van der Waals surface area contributed by atoms with E-state index in [0.29, 0.717) is 25.2 Å². The highest BCUT2D eigenvalue weighted by atomic mass is 19.1. The zero-order valence-electron chi connectivity index (χ0n) is 16.9. The Balaban J connectivity index is 1.44. The summed E-state index contributed by atoms with van der Waals surface area (Å²) in [5.41, 5.74) is 2.65. The van der Waals surface area contributed by atoms with Gasteiger partial charge in [-0.3, -0.25) is 19.6 Å².